The summed E-state index contributed by atoms with van der Waals surface area (Å²) >= 11 is 5.95. The van der Waals surface area contributed by atoms with Gasteiger partial charge in [-0.15, -0.1) is 0 Å². The van der Waals surface area contributed by atoms with Crippen LogP contribution in [0.2, 0.25) is 5.02 Å². The molecule has 0 aliphatic heterocycles. The lowest BCUT2D eigenvalue weighted by Crippen LogP contribution is -2.34. The molecule has 0 radical (unpaired) electrons. The Balaban J connectivity index is 3.01. The number of likely N-dealkylation sites (N-methyl/N-ethyl adjacent to an activating group) is 1. The molecular formula is C12H20ClN3O2. The number of aromatic nitrogens is 1. The van der Waals surface area contributed by atoms with Gasteiger partial charge in [0.2, 0.25) is 0 Å². The molecule has 1 aromatic heterocycles. The molecule has 0 aromatic carbocycles. The van der Waals surface area contributed by atoms with Crippen molar-refractivity contribution in [3.63, 3.8) is 0 Å². The van der Waals surface area contributed by atoms with Gasteiger partial charge in [0.15, 0.2) is 6.29 Å². The highest BCUT2D eigenvalue weighted by Gasteiger charge is 2.25. The van der Waals surface area contributed by atoms with Crippen LogP contribution in [0.25, 0.3) is 0 Å². The predicted octanol–water partition coefficient (Wildman–Crippen LogP) is 1.98. The van der Waals surface area contributed by atoms with Crippen molar-refractivity contribution in [3.8, 4) is 0 Å². The molecule has 0 amide bonds. The number of nitrogens with two attached hydrogens (primary N) is 1. The average Bonchev–Trinajstić information content (AvgIpc) is 2.35. The minimum atomic E-state index is -0.424. The van der Waals surface area contributed by atoms with E-state index in [1.807, 2.05) is 20.9 Å². The number of ether oxygens (including phenoxy) is 2. The van der Waals surface area contributed by atoms with Crippen LogP contribution in [0.4, 0.5) is 5.82 Å². The third-order valence-electron chi connectivity index (χ3n) is 2.50. The van der Waals surface area contributed by atoms with E-state index in [1.54, 1.807) is 6.07 Å². The van der Waals surface area contributed by atoms with Crippen molar-refractivity contribution in [2.24, 2.45) is 0 Å². The molecule has 0 aliphatic rings. The monoisotopic (exact) mass is 273 g/mol. The van der Waals surface area contributed by atoms with Crippen molar-refractivity contribution < 1.29 is 9.47 Å². The number of anilines is 1. The Kier molecular flexibility index (Phi) is 6.35. The molecule has 0 aliphatic carbocycles. The first-order chi connectivity index (χ1) is 8.63. The minimum absolute atomic E-state index is 0.212. The molecule has 1 unspecified atom stereocenters. The van der Waals surface area contributed by atoms with E-state index in [2.05, 4.69) is 10.3 Å². The lowest BCUT2D eigenvalue weighted by atomic mass is 10.1. The zero-order chi connectivity index (χ0) is 13.5. The first-order valence-electron chi connectivity index (χ1n) is 5.95. The van der Waals surface area contributed by atoms with Crippen molar-refractivity contribution in [3.05, 3.63) is 22.8 Å². The summed E-state index contributed by atoms with van der Waals surface area (Å²) in [6.07, 6.45) is 1.09. The van der Waals surface area contributed by atoms with Gasteiger partial charge in [0.1, 0.15) is 5.82 Å². The van der Waals surface area contributed by atoms with Crippen molar-refractivity contribution in [2.75, 3.05) is 26.0 Å². The molecule has 5 nitrogen and oxygen atoms in total. The standard InChI is InChI=1S/C12H20ClN3O2/c1-4-17-12(18-5-2)10(15-3)9-6-8(13)7-16-11(9)14/h6-7,10,12,15H,4-5H2,1-3H3,(H2,14,16). The van der Waals surface area contributed by atoms with Crippen LogP contribution < -0.4 is 11.1 Å². The van der Waals surface area contributed by atoms with Crippen LogP contribution in [-0.4, -0.2) is 31.5 Å². The van der Waals surface area contributed by atoms with Crippen LogP contribution in [0.1, 0.15) is 25.5 Å². The van der Waals surface area contributed by atoms with E-state index in [9.17, 15) is 0 Å². The molecule has 6 heteroatoms. The second-order valence-electron chi connectivity index (χ2n) is 3.67. The Morgan fingerprint density at radius 1 is 1.39 bits per heavy atom. The summed E-state index contributed by atoms with van der Waals surface area (Å²) in [7, 11) is 1.82. The average molecular weight is 274 g/mol. The lowest BCUT2D eigenvalue weighted by molar-refractivity contribution is -0.154. The Morgan fingerprint density at radius 2 is 2.00 bits per heavy atom. The first kappa shape index (κ1) is 15.2. The highest BCUT2D eigenvalue weighted by Crippen LogP contribution is 2.26. The zero-order valence-electron chi connectivity index (χ0n) is 10.9. The second kappa shape index (κ2) is 7.53. The summed E-state index contributed by atoms with van der Waals surface area (Å²) in [6.45, 7) is 4.93. The Hall–Kier alpha value is -0.880. The fourth-order valence-electron chi connectivity index (χ4n) is 1.72. The van der Waals surface area contributed by atoms with E-state index < -0.39 is 6.29 Å². The Bertz CT molecular complexity index is 370. The quantitative estimate of drug-likeness (QED) is 0.744. The summed E-state index contributed by atoms with van der Waals surface area (Å²) in [5.74, 6) is 0.420. The van der Waals surface area contributed by atoms with Crippen molar-refractivity contribution >= 4 is 17.4 Å². The second-order valence-corrected chi connectivity index (χ2v) is 4.11. The van der Waals surface area contributed by atoms with Crippen molar-refractivity contribution in [1.29, 1.82) is 0 Å². The van der Waals surface area contributed by atoms with Crippen molar-refractivity contribution in [2.45, 2.75) is 26.2 Å². The van der Waals surface area contributed by atoms with E-state index in [4.69, 9.17) is 26.8 Å². The van der Waals surface area contributed by atoms with Gasteiger partial charge in [-0.2, -0.15) is 0 Å². The zero-order valence-corrected chi connectivity index (χ0v) is 11.7. The topological polar surface area (TPSA) is 69.4 Å². The SMILES string of the molecule is CCOC(OCC)C(NC)c1cc(Cl)cnc1N. The van der Waals surface area contributed by atoms with Crippen LogP contribution in [0.3, 0.4) is 0 Å². The van der Waals surface area contributed by atoms with Crippen LogP contribution in [0, 0.1) is 0 Å². The molecule has 3 N–H and O–H groups in total. The number of hydrogen-bond acceptors (Lipinski definition) is 5. The summed E-state index contributed by atoms with van der Waals surface area (Å²) in [5.41, 5.74) is 6.65. The van der Waals surface area contributed by atoms with E-state index in [0.29, 0.717) is 24.1 Å². The smallest absolute Gasteiger partial charge is 0.176 e. The molecule has 0 spiro atoms. The van der Waals surface area contributed by atoms with Gasteiger partial charge in [0.05, 0.1) is 11.1 Å². The normalized spacial score (nSPS) is 12.9. The Morgan fingerprint density at radius 3 is 2.50 bits per heavy atom. The largest absolute Gasteiger partial charge is 0.383 e. The fraction of sp³-hybridized carbons (Fsp3) is 0.583. The fourth-order valence-corrected chi connectivity index (χ4v) is 1.89. The highest BCUT2D eigenvalue weighted by molar-refractivity contribution is 6.30. The molecule has 0 saturated carbocycles. The lowest BCUT2D eigenvalue weighted by Gasteiger charge is -2.27. The maximum absolute atomic E-state index is 5.95. The molecule has 0 fully saturated rings. The van der Waals surface area contributed by atoms with Crippen LogP contribution in [-0.2, 0) is 9.47 Å². The summed E-state index contributed by atoms with van der Waals surface area (Å²) in [4.78, 5) is 4.04. The predicted molar refractivity (Wildman–Crippen MR) is 72.5 cm³/mol. The number of nitrogens with zero attached hydrogens (tertiary/aromatic N) is 1. The highest BCUT2D eigenvalue weighted by atomic mass is 35.5. The molecule has 1 heterocycles. The van der Waals surface area contributed by atoms with Gasteiger partial charge >= 0.3 is 0 Å². The molecule has 1 atom stereocenters. The molecule has 18 heavy (non-hydrogen) atoms. The van der Waals surface area contributed by atoms with E-state index in [-0.39, 0.29) is 6.04 Å². The van der Waals surface area contributed by atoms with E-state index in [0.717, 1.165) is 5.56 Å². The number of pyridine rings is 1. The molecule has 1 aromatic rings. The number of rotatable bonds is 7. The minimum Gasteiger partial charge on any atom is -0.383 e. The van der Waals surface area contributed by atoms with E-state index in [1.165, 1.54) is 6.20 Å². The summed E-state index contributed by atoms with van der Waals surface area (Å²) < 4.78 is 11.1. The Labute approximate surface area is 113 Å². The van der Waals surface area contributed by atoms with Gasteiger partial charge in [-0.3, -0.25) is 0 Å². The summed E-state index contributed by atoms with van der Waals surface area (Å²) in [6, 6.07) is 1.56. The molecule has 0 saturated heterocycles. The number of nitrogens with one attached hydrogen (secondary N) is 1. The molecule has 1 rings (SSSR count). The first-order valence-corrected chi connectivity index (χ1v) is 6.33. The van der Waals surface area contributed by atoms with Crippen LogP contribution >= 0.6 is 11.6 Å². The van der Waals surface area contributed by atoms with Crippen LogP contribution in [0.5, 0.6) is 0 Å². The molecular weight excluding hydrogens is 254 g/mol. The maximum Gasteiger partial charge on any atom is 0.176 e. The van der Waals surface area contributed by atoms with E-state index >= 15 is 0 Å². The number of hydrogen-bond donors (Lipinski definition) is 2. The molecule has 0 bridgehead atoms. The molecule has 102 valence electrons. The van der Waals surface area contributed by atoms with Gasteiger partial charge in [-0.25, -0.2) is 4.98 Å². The summed E-state index contributed by atoms with van der Waals surface area (Å²) in [5, 5.41) is 3.66. The number of nitrogen functional groups attached to an aromatic ring is 1. The van der Waals surface area contributed by atoms with Gasteiger partial charge in [0.25, 0.3) is 0 Å². The van der Waals surface area contributed by atoms with Gasteiger partial charge in [-0.05, 0) is 27.0 Å². The van der Waals surface area contributed by atoms with Crippen molar-refractivity contribution in [1.82, 2.24) is 10.3 Å². The maximum atomic E-state index is 5.95. The third kappa shape index (κ3) is 3.81. The van der Waals surface area contributed by atoms with Crippen LogP contribution in [0.15, 0.2) is 12.3 Å². The van der Waals surface area contributed by atoms with Gasteiger partial charge in [0, 0.05) is 25.0 Å². The third-order valence-corrected chi connectivity index (χ3v) is 2.70. The van der Waals surface area contributed by atoms with Gasteiger partial charge < -0.3 is 20.5 Å². The number of halogens is 1. The van der Waals surface area contributed by atoms with Gasteiger partial charge in [-0.1, -0.05) is 11.6 Å².